The van der Waals surface area contributed by atoms with Crippen molar-refractivity contribution in [3.8, 4) is 5.88 Å². The van der Waals surface area contributed by atoms with Gasteiger partial charge in [0.1, 0.15) is 0 Å². The molecule has 1 aromatic carbocycles. The number of halogens is 3. The van der Waals surface area contributed by atoms with E-state index in [0.717, 1.165) is 5.56 Å². The number of amides is 2. The molecule has 0 spiro atoms. The Balaban J connectivity index is 1.91. The largest absolute Gasteiger partial charge is 0.468 e. The minimum atomic E-state index is -4.43. The number of pyridine rings is 1. The average molecular weight is 381 g/mol. The lowest BCUT2D eigenvalue weighted by atomic mass is 9.96. The van der Waals surface area contributed by atoms with Gasteiger partial charge in [-0.1, -0.05) is 44.2 Å². The van der Waals surface area contributed by atoms with Gasteiger partial charge in [-0.25, -0.2) is 9.78 Å². The van der Waals surface area contributed by atoms with Crippen molar-refractivity contribution in [2.75, 3.05) is 6.61 Å². The summed E-state index contributed by atoms with van der Waals surface area (Å²) in [6, 6.07) is 12.0. The predicted molar refractivity (Wildman–Crippen MR) is 95.2 cm³/mol. The minimum Gasteiger partial charge on any atom is -0.468 e. The van der Waals surface area contributed by atoms with Crippen LogP contribution in [0.2, 0.25) is 0 Å². The van der Waals surface area contributed by atoms with Crippen LogP contribution in [0.5, 0.6) is 5.88 Å². The molecule has 2 aromatic rings. The highest BCUT2D eigenvalue weighted by Gasteiger charge is 2.28. The zero-order valence-electron chi connectivity index (χ0n) is 15.1. The fourth-order valence-corrected chi connectivity index (χ4v) is 2.46. The molecule has 0 aliphatic heterocycles. The maximum atomic E-state index is 12.2. The van der Waals surface area contributed by atoms with Gasteiger partial charge in [0.05, 0.1) is 6.04 Å². The number of hydrogen-bond acceptors (Lipinski definition) is 3. The smallest absolute Gasteiger partial charge is 0.422 e. The highest BCUT2D eigenvalue weighted by Crippen LogP contribution is 2.21. The van der Waals surface area contributed by atoms with E-state index in [2.05, 4.69) is 20.4 Å². The Hall–Kier alpha value is -2.77. The van der Waals surface area contributed by atoms with Crippen LogP contribution >= 0.6 is 0 Å². The molecule has 1 atom stereocenters. The molecule has 146 valence electrons. The number of hydrogen-bond donors (Lipinski definition) is 2. The number of carbonyl (C=O) groups is 1. The third-order valence-corrected chi connectivity index (χ3v) is 3.75. The molecule has 0 aliphatic rings. The first-order valence-corrected chi connectivity index (χ1v) is 8.48. The van der Waals surface area contributed by atoms with Crippen LogP contribution in [0.25, 0.3) is 0 Å². The number of urea groups is 1. The van der Waals surface area contributed by atoms with Crippen molar-refractivity contribution in [1.82, 2.24) is 15.6 Å². The molecule has 8 heteroatoms. The second kappa shape index (κ2) is 9.25. The number of nitrogens with one attached hydrogen (secondary N) is 2. The molecule has 0 fully saturated rings. The molecule has 1 unspecified atom stereocenters. The normalized spacial score (nSPS) is 12.5. The molecule has 0 saturated carbocycles. The molecule has 0 saturated heterocycles. The molecule has 2 N–H and O–H groups in total. The molecule has 2 amide bonds. The van der Waals surface area contributed by atoms with Crippen LogP contribution in [0.1, 0.15) is 31.0 Å². The van der Waals surface area contributed by atoms with E-state index in [1.807, 2.05) is 44.2 Å². The van der Waals surface area contributed by atoms with Crippen molar-refractivity contribution in [3.63, 3.8) is 0 Å². The topological polar surface area (TPSA) is 63.2 Å². The van der Waals surface area contributed by atoms with Gasteiger partial charge in [0.2, 0.25) is 5.88 Å². The number of ether oxygens (including phenoxy) is 1. The lowest BCUT2D eigenvalue weighted by Gasteiger charge is -2.23. The molecule has 0 bridgehead atoms. The van der Waals surface area contributed by atoms with Crippen LogP contribution < -0.4 is 15.4 Å². The van der Waals surface area contributed by atoms with Gasteiger partial charge in [-0.2, -0.15) is 13.2 Å². The number of nitrogens with zero attached hydrogens (tertiary/aromatic N) is 1. The summed E-state index contributed by atoms with van der Waals surface area (Å²) in [6.45, 7) is 2.73. The van der Waals surface area contributed by atoms with Gasteiger partial charge < -0.3 is 15.4 Å². The molecule has 0 radical (unpaired) electrons. The third kappa shape index (κ3) is 7.16. The summed E-state index contributed by atoms with van der Waals surface area (Å²) >= 11 is 0. The number of alkyl halides is 3. The number of carbonyl (C=O) groups excluding carboxylic acids is 1. The molecule has 5 nitrogen and oxygen atoms in total. The van der Waals surface area contributed by atoms with Crippen LogP contribution in [0.4, 0.5) is 18.0 Å². The summed E-state index contributed by atoms with van der Waals surface area (Å²) in [6.07, 6.45) is -3.10. The van der Waals surface area contributed by atoms with Crippen molar-refractivity contribution in [3.05, 3.63) is 59.8 Å². The fraction of sp³-hybridized carbons (Fsp3) is 0.368. The first-order valence-electron chi connectivity index (χ1n) is 8.48. The van der Waals surface area contributed by atoms with Gasteiger partial charge in [0.15, 0.2) is 6.61 Å². The van der Waals surface area contributed by atoms with Crippen LogP contribution in [0.15, 0.2) is 48.7 Å². The Morgan fingerprint density at radius 2 is 1.89 bits per heavy atom. The number of rotatable bonds is 7. The second-order valence-corrected chi connectivity index (χ2v) is 6.37. The molecule has 2 rings (SSSR count). The molecule has 1 heterocycles. The Bertz CT molecular complexity index is 736. The summed E-state index contributed by atoms with van der Waals surface area (Å²) in [5.41, 5.74) is 1.58. The van der Waals surface area contributed by atoms with Gasteiger partial charge in [-0.05, 0) is 23.1 Å². The van der Waals surface area contributed by atoms with Gasteiger partial charge in [-0.15, -0.1) is 0 Å². The van der Waals surface area contributed by atoms with Crippen molar-refractivity contribution in [2.45, 2.75) is 32.6 Å². The van der Waals surface area contributed by atoms with E-state index in [1.54, 1.807) is 6.07 Å². The van der Waals surface area contributed by atoms with Gasteiger partial charge in [0, 0.05) is 18.8 Å². The predicted octanol–water partition coefficient (Wildman–Crippen LogP) is 4.22. The van der Waals surface area contributed by atoms with Crippen LogP contribution in [-0.4, -0.2) is 23.8 Å². The van der Waals surface area contributed by atoms with Crippen LogP contribution in [0, 0.1) is 5.92 Å². The van der Waals surface area contributed by atoms with E-state index >= 15 is 0 Å². The van der Waals surface area contributed by atoms with Crippen molar-refractivity contribution in [1.29, 1.82) is 0 Å². The highest BCUT2D eigenvalue weighted by atomic mass is 19.4. The summed E-state index contributed by atoms with van der Waals surface area (Å²) in [4.78, 5) is 16.0. The Morgan fingerprint density at radius 1 is 1.19 bits per heavy atom. The number of aromatic nitrogens is 1. The van der Waals surface area contributed by atoms with Crippen LogP contribution in [-0.2, 0) is 6.54 Å². The third-order valence-electron chi connectivity index (χ3n) is 3.75. The first-order chi connectivity index (χ1) is 12.7. The quantitative estimate of drug-likeness (QED) is 0.755. The van der Waals surface area contributed by atoms with E-state index in [0.29, 0.717) is 5.56 Å². The summed E-state index contributed by atoms with van der Waals surface area (Å²) in [5.74, 6) is 0.0397. The van der Waals surface area contributed by atoms with Crippen molar-refractivity contribution >= 4 is 6.03 Å². The Labute approximate surface area is 155 Å². The Kier molecular flexibility index (Phi) is 7.04. The van der Waals surface area contributed by atoms with Gasteiger partial charge >= 0.3 is 12.2 Å². The Morgan fingerprint density at radius 3 is 2.52 bits per heavy atom. The summed E-state index contributed by atoms with van der Waals surface area (Å²) < 4.78 is 41.2. The van der Waals surface area contributed by atoms with Gasteiger partial charge in [0.25, 0.3) is 0 Å². The zero-order chi connectivity index (χ0) is 19.9. The summed E-state index contributed by atoms with van der Waals surface area (Å²) in [5, 5.41) is 5.61. The maximum absolute atomic E-state index is 12.2. The SMILES string of the molecule is CC(C)C(NC(=O)NCc1ccnc(OCC(F)(F)F)c1)c1ccccc1. The van der Waals surface area contributed by atoms with E-state index in [9.17, 15) is 18.0 Å². The van der Waals surface area contributed by atoms with E-state index in [-0.39, 0.29) is 30.4 Å². The maximum Gasteiger partial charge on any atom is 0.422 e. The standard InChI is InChI=1S/C19H22F3N3O2/c1-13(2)17(15-6-4-3-5-7-15)25-18(26)24-11-14-8-9-23-16(10-14)27-12-19(20,21)22/h3-10,13,17H,11-12H2,1-2H3,(H2,24,25,26). The highest BCUT2D eigenvalue weighted by molar-refractivity contribution is 5.74. The zero-order valence-corrected chi connectivity index (χ0v) is 15.1. The van der Waals surface area contributed by atoms with E-state index in [4.69, 9.17) is 0 Å². The monoisotopic (exact) mass is 381 g/mol. The minimum absolute atomic E-state index is 0.135. The second-order valence-electron chi connectivity index (χ2n) is 6.37. The van der Waals surface area contributed by atoms with Crippen molar-refractivity contribution < 1.29 is 22.7 Å². The molecule has 1 aromatic heterocycles. The number of benzene rings is 1. The lowest BCUT2D eigenvalue weighted by Crippen LogP contribution is -2.39. The van der Waals surface area contributed by atoms with Crippen molar-refractivity contribution in [2.24, 2.45) is 5.92 Å². The molecule has 27 heavy (non-hydrogen) atoms. The molecular weight excluding hydrogens is 359 g/mol. The molecule has 0 aliphatic carbocycles. The van der Waals surface area contributed by atoms with Crippen LogP contribution in [0.3, 0.4) is 0 Å². The summed E-state index contributed by atoms with van der Waals surface area (Å²) in [7, 11) is 0. The first kappa shape index (κ1) is 20.5. The molecular formula is C19H22F3N3O2. The average Bonchev–Trinajstić information content (AvgIpc) is 2.63. The van der Waals surface area contributed by atoms with E-state index < -0.39 is 12.8 Å². The van der Waals surface area contributed by atoms with Gasteiger partial charge in [-0.3, -0.25) is 0 Å². The van der Waals surface area contributed by atoms with E-state index in [1.165, 1.54) is 12.3 Å². The lowest BCUT2D eigenvalue weighted by molar-refractivity contribution is -0.154. The fourth-order valence-electron chi connectivity index (χ4n) is 2.46.